The smallest absolute Gasteiger partial charge is 0.235 e. The van der Waals surface area contributed by atoms with E-state index in [0.29, 0.717) is 23.4 Å². The first-order valence-corrected chi connectivity index (χ1v) is 32.9. The normalized spacial score (nSPS) is 11.9. The van der Waals surface area contributed by atoms with Crippen molar-refractivity contribution < 1.29 is 0 Å². The lowest BCUT2D eigenvalue weighted by molar-refractivity contribution is 1.01. The molecular formula is C89H54N8. The lowest BCUT2D eigenvalue weighted by atomic mass is 9.91. The van der Waals surface area contributed by atoms with E-state index in [1.54, 1.807) is 0 Å². The van der Waals surface area contributed by atoms with E-state index in [-0.39, 0.29) is 0 Å². The minimum atomic E-state index is 0.598. The average Bonchev–Trinajstić information content (AvgIpc) is 1.58. The highest BCUT2D eigenvalue weighted by atomic mass is 15.2. The first-order valence-electron chi connectivity index (χ1n) is 32.9. The van der Waals surface area contributed by atoms with Crippen molar-refractivity contribution in [3.8, 4) is 85.0 Å². The van der Waals surface area contributed by atoms with Gasteiger partial charge in [-0.25, -0.2) is 24.9 Å². The lowest BCUT2D eigenvalue weighted by Gasteiger charge is -2.15. The molecule has 5 aromatic heterocycles. The molecule has 0 atom stereocenters. The van der Waals surface area contributed by atoms with Crippen LogP contribution in [0.3, 0.4) is 0 Å². The Morgan fingerprint density at radius 3 is 1.26 bits per heavy atom. The van der Waals surface area contributed by atoms with Crippen molar-refractivity contribution in [2.75, 3.05) is 0 Å². The number of para-hydroxylation sites is 4. The maximum atomic E-state index is 5.64. The fourth-order valence-electron chi connectivity index (χ4n) is 15.2. The molecule has 0 unspecified atom stereocenters. The largest absolute Gasteiger partial charge is 0.309 e. The molecule has 15 aromatic carbocycles. The first kappa shape index (κ1) is 54.4. The molecule has 20 rings (SSSR count). The number of rotatable bonds is 9. The van der Waals surface area contributed by atoms with Gasteiger partial charge in [-0.2, -0.15) is 0 Å². The molecule has 0 spiro atoms. The molecule has 0 saturated carbocycles. The minimum absolute atomic E-state index is 0.598. The predicted octanol–water partition coefficient (Wildman–Crippen LogP) is 22.6. The summed E-state index contributed by atoms with van der Waals surface area (Å²) in [7, 11) is 0. The van der Waals surface area contributed by atoms with E-state index in [2.05, 4.69) is 323 Å². The molecule has 0 aliphatic heterocycles. The zero-order valence-electron chi connectivity index (χ0n) is 52.3. The maximum Gasteiger partial charge on any atom is 0.235 e. The van der Waals surface area contributed by atoms with Crippen LogP contribution in [0.4, 0.5) is 0 Å². The van der Waals surface area contributed by atoms with Crippen molar-refractivity contribution in [1.29, 1.82) is 0 Å². The van der Waals surface area contributed by atoms with Gasteiger partial charge >= 0.3 is 0 Å². The van der Waals surface area contributed by atoms with Crippen molar-refractivity contribution in [2.24, 2.45) is 0 Å². The number of aromatic nitrogens is 8. The van der Waals surface area contributed by atoms with Crippen LogP contribution in [0.1, 0.15) is 0 Å². The lowest BCUT2D eigenvalue weighted by Crippen LogP contribution is -2.03. The third-order valence-electron chi connectivity index (χ3n) is 19.7. The number of hydrogen-bond acceptors (Lipinski definition) is 5. The molecule has 0 bridgehead atoms. The van der Waals surface area contributed by atoms with Crippen LogP contribution in [0.25, 0.3) is 194 Å². The number of nitrogens with zero attached hydrogens (tertiary/aromatic N) is 8. The quantitative estimate of drug-likeness (QED) is 0.144. The number of fused-ring (bicyclic) bond motifs is 15. The van der Waals surface area contributed by atoms with E-state index in [9.17, 15) is 0 Å². The van der Waals surface area contributed by atoms with Crippen molar-refractivity contribution in [2.45, 2.75) is 0 Å². The summed E-state index contributed by atoms with van der Waals surface area (Å²) >= 11 is 0. The van der Waals surface area contributed by atoms with Gasteiger partial charge in [0.1, 0.15) is 0 Å². The Kier molecular flexibility index (Phi) is 12.2. The van der Waals surface area contributed by atoms with E-state index in [1.165, 1.54) is 59.4 Å². The maximum absolute atomic E-state index is 5.64. The average molecular weight is 1240 g/mol. The second kappa shape index (κ2) is 21.7. The Balaban J connectivity index is 0.651. The zero-order chi connectivity index (χ0) is 63.7. The zero-order valence-corrected chi connectivity index (χ0v) is 52.3. The molecule has 8 nitrogen and oxygen atoms in total. The fraction of sp³-hybridized carbons (Fsp3) is 0. The van der Waals surface area contributed by atoms with Crippen molar-refractivity contribution >= 4 is 109 Å². The van der Waals surface area contributed by atoms with Gasteiger partial charge in [0.05, 0.1) is 44.3 Å². The first-order chi connectivity index (χ1) is 48.1. The van der Waals surface area contributed by atoms with Crippen LogP contribution >= 0.6 is 0 Å². The molecule has 5 heterocycles. The predicted molar refractivity (Wildman–Crippen MR) is 401 cm³/mol. The molecule has 0 aliphatic rings. The van der Waals surface area contributed by atoms with E-state index in [0.717, 1.165) is 111 Å². The molecule has 0 aliphatic carbocycles. The Hall–Kier alpha value is -13.2. The van der Waals surface area contributed by atoms with Gasteiger partial charge in [0.2, 0.25) is 5.95 Å². The summed E-state index contributed by atoms with van der Waals surface area (Å²) in [5.41, 5.74) is 18.9. The van der Waals surface area contributed by atoms with E-state index >= 15 is 0 Å². The Morgan fingerprint density at radius 1 is 0.206 bits per heavy atom. The summed E-state index contributed by atoms with van der Waals surface area (Å²) < 4.78 is 7.05. The third-order valence-corrected chi connectivity index (χ3v) is 19.7. The summed E-state index contributed by atoms with van der Waals surface area (Å²) in [6, 6.07) is 117. The Morgan fingerprint density at radius 2 is 0.649 bits per heavy atom. The monoisotopic (exact) mass is 1230 g/mol. The van der Waals surface area contributed by atoms with Crippen LogP contribution in [-0.4, -0.2) is 38.6 Å². The molecule has 0 radical (unpaired) electrons. The van der Waals surface area contributed by atoms with E-state index in [4.69, 9.17) is 24.9 Å². The minimum Gasteiger partial charge on any atom is -0.309 e. The summed E-state index contributed by atoms with van der Waals surface area (Å²) in [4.78, 5) is 26.6. The van der Waals surface area contributed by atoms with Gasteiger partial charge in [-0.3, -0.25) is 4.57 Å². The molecule has 450 valence electrons. The van der Waals surface area contributed by atoms with Gasteiger partial charge in [0, 0.05) is 71.3 Å². The molecule has 0 saturated heterocycles. The van der Waals surface area contributed by atoms with Crippen LogP contribution in [-0.2, 0) is 0 Å². The molecule has 0 amide bonds. The summed E-state index contributed by atoms with van der Waals surface area (Å²) in [5, 5.41) is 15.3. The highest BCUT2D eigenvalue weighted by Gasteiger charge is 2.24. The molecule has 20 aromatic rings. The Labute approximate surface area is 556 Å². The van der Waals surface area contributed by atoms with Crippen molar-refractivity contribution in [3.63, 3.8) is 0 Å². The van der Waals surface area contributed by atoms with Crippen LogP contribution in [0, 0.1) is 0 Å². The van der Waals surface area contributed by atoms with Gasteiger partial charge in [-0.1, -0.05) is 243 Å². The van der Waals surface area contributed by atoms with Crippen LogP contribution < -0.4 is 0 Å². The number of hydrogen-bond donors (Lipinski definition) is 0. The second-order valence-corrected chi connectivity index (χ2v) is 25.1. The SMILES string of the molecule is c1ccc(-c2nc(-c3ccc(-c4cccc(-c5ccc(-c6nc(-n7c8ccc9ccccc9c8c8c9ccccc9ccc87)nc7ccccc67)c6ccccc56)c4)cc3)nc(-c3ccc(-n4c5ccccc5c5cc6c7ccccc7n(-c7ccccc7)c6cc54)cc3)n2)cc1. The van der Waals surface area contributed by atoms with Crippen molar-refractivity contribution in [1.82, 2.24) is 38.6 Å². The molecule has 8 heteroatoms. The van der Waals surface area contributed by atoms with Gasteiger partial charge in [0.15, 0.2) is 17.5 Å². The summed E-state index contributed by atoms with van der Waals surface area (Å²) in [6.07, 6.45) is 0. The van der Waals surface area contributed by atoms with Gasteiger partial charge in [0.25, 0.3) is 0 Å². The van der Waals surface area contributed by atoms with E-state index < -0.39 is 0 Å². The second-order valence-electron chi connectivity index (χ2n) is 25.1. The standard InChI is InChI=1S/C89H54N8/c1-3-22-58(23-4-1)86-92-87(94-88(93-86)60-42-46-64(47-43-60)96-78-37-18-15-33-71(78)75-53-74-70-32-14-17-36-77(70)95(81(74)54-82(75)96)63-26-5-2-6-27-63)59-40-38-55(39-41-59)61-24-19-25-62(52-61)65-48-49-72(69-31-12-11-30-68(65)69)85-73-34-13-16-35-76(73)90-89(91-85)97-79-50-44-56-20-7-9-28-66(56)83(79)84-67-29-10-8-21-57(67)45-51-80(84)97/h1-54H. The van der Waals surface area contributed by atoms with Gasteiger partial charge in [-0.15, -0.1) is 0 Å². The molecular weight excluding hydrogens is 1180 g/mol. The highest BCUT2D eigenvalue weighted by molar-refractivity contribution is 6.28. The molecule has 0 N–H and O–H groups in total. The van der Waals surface area contributed by atoms with Crippen molar-refractivity contribution in [3.05, 3.63) is 328 Å². The van der Waals surface area contributed by atoms with Crippen LogP contribution in [0.2, 0.25) is 0 Å². The molecule has 0 fully saturated rings. The number of benzene rings is 15. The van der Waals surface area contributed by atoms with Crippen LogP contribution in [0.5, 0.6) is 0 Å². The van der Waals surface area contributed by atoms with Crippen LogP contribution in [0.15, 0.2) is 328 Å². The summed E-state index contributed by atoms with van der Waals surface area (Å²) in [6.45, 7) is 0. The summed E-state index contributed by atoms with van der Waals surface area (Å²) in [5.74, 6) is 2.44. The van der Waals surface area contributed by atoms with E-state index in [1.807, 2.05) is 18.2 Å². The fourth-order valence-corrected chi connectivity index (χ4v) is 15.2. The topological polar surface area (TPSA) is 79.2 Å². The molecule has 97 heavy (non-hydrogen) atoms. The third kappa shape index (κ3) is 8.67. The van der Waals surface area contributed by atoms with Gasteiger partial charge in [-0.05, 0) is 140 Å². The Bertz CT molecular complexity index is 6510. The van der Waals surface area contributed by atoms with Gasteiger partial charge < -0.3 is 9.13 Å². The highest BCUT2D eigenvalue weighted by Crippen LogP contribution is 2.45.